The number of hydrogen-bond acceptors (Lipinski definition) is 3. The van der Waals surface area contributed by atoms with Gasteiger partial charge in [-0.1, -0.05) is 19.9 Å². The highest BCUT2D eigenvalue weighted by molar-refractivity contribution is 5.38. The van der Waals surface area contributed by atoms with Gasteiger partial charge < -0.3 is 0 Å². The average molecular weight is 174 g/mol. The monoisotopic (exact) mass is 174 g/mol. The molecular weight excluding hydrogens is 164 g/mol. The Bertz CT molecular complexity index is 391. The molecule has 0 unspecified atom stereocenters. The van der Waals surface area contributed by atoms with Crippen LogP contribution in [0.4, 0.5) is 0 Å². The maximum absolute atomic E-state index is 8.45. The Morgan fingerprint density at radius 1 is 1.38 bits per heavy atom. The van der Waals surface area contributed by atoms with Gasteiger partial charge in [0.15, 0.2) is 5.65 Å². The summed E-state index contributed by atoms with van der Waals surface area (Å²) < 4.78 is 1.57. The first-order valence-electron chi connectivity index (χ1n) is 4.11. The first-order valence-corrected chi connectivity index (χ1v) is 4.11. The van der Waals surface area contributed by atoms with E-state index in [0.717, 1.165) is 0 Å². The summed E-state index contributed by atoms with van der Waals surface area (Å²) in [6.45, 7) is 4.00. The molecule has 13 heavy (non-hydrogen) atoms. The third-order valence-corrected chi connectivity index (χ3v) is 1.34. The summed E-state index contributed by atoms with van der Waals surface area (Å²) in [4.78, 5) is 3.92. The van der Waals surface area contributed by atoms with Crippen LogP contribution in [0.1, 0.15) is 19.7 Å². The van der Waals surface area contributed by atoms with Crippen LogP contribution in [-0.2, 0) is 0 Å². The van der Waals surface area contributed by atoms with E-state index < -0.39 is 0 Å². The van der Waals surface area contributed by atoms with E-state index in [1.54, 1.807) is 16.8 Å². The molecule has 0 spiro atoms. The van der Waals surface area contributed by atoms with Crippen molar-refractivity contribution in [2.45, 2.75) is 13.8 Å². The zero-order chi connectivity index (χ0) is 9.68. The maximum atomic E-state index is 8.45. The molecule has 4 nitrogen and oxygen atoms in total. The lowest BCUT2D eigenvalue weighted by atomic mass is 10.5. The minimum atomic E-state index is 0.205. The molecule has 2 aromatic heterocycles. The fourth-order valence-corrected chi connectivity index (χ4v) is 0.879. The predicted octanol–water partition coefficient (Wildman–Crippen LogP) is 1.63. The number of fused-ring (bicyclic) bond motifs is 1. The summed E-state index contributed by atoms with van der Waals surface area (Å²) in [5, 5.41) is 12.3. The van der Waals surface area contributed by atoms with Gasteiger partial charge in [0.1, 0.15) is 6.07 Å². The second-order valence-corrected chi connectivity index (χ2v) is 2.05. The fraction of sp³-hybridized carbons (Fsp3) is 0.222. The van der Waals surface area contributed by atoms with E-state index in [9.17, 15) is 0 Å². The third kappa shape index (κ3) is 1.82. The van der Waals surface area contributed by atoms with Crippen LogP contribution in [0.25, 0.3) is 5.65 Å². The average Bonchev–Trinajstić information content (AvgIpc) is 2.63. The Morgan fingerprint density at radius 3 is 2.77 bits per heavy atom. The molecule has 4 heteroatoms. The van der Waals surface area contributed by atoms with E-state index in [0.29, 0.717) is 5.65 Å². The molecule has 0 aliphatic heterocycles. The van der Waals surface area contributed by atoms with Gasteiger partial charge >= 0.3 is 0 Å². The number of nitriles is 1. The van der Waals surface area contributed by atoms with Gasteiger partial charge in [0.05, 0.1) is 0 Å². The number of pyridine rings is 1. The van der Waals surface area contributed by atoms with Gasteiger partial charge in [-0.2, -0.15) is 10.2 Å². The Kier molecular flexibility index (Phi) is 2.98. The van der Waals surface area contributed by atoms with Gasteiger partial charge in [0.25, 0.3) is 5.82 Å². The smallest absolute Gasteiger partial charge is 0.220 e. The van der Waals surface area contributed by atoms with E-state index in [4.69, 9.17) is 5.26 Å². The van der Waals surface area contributed by atoms with Crippen molar-refractivity contribution in [1.29, 1.82) is 5.26 Å². The molecule has 0 atom stereocenters. The third-order valence-electron chi connectivity index (χ3n) is 1.34. The molecule has 0 radical (unpaired) electrons. The van der Waals surface area contributed by atoms with E-state index in [2.05, 4.69) is 10.1 Å². The highest BCUT2D eigenvalue weighted by atomic mass is 15.3. The first kappa shape index (κ1) is 9.20. The van der Waals surface area contributed by atoms with Gasteiger partial charge in [0, 0.05) is 6.20 Å². The molecule has 0 bridgehead atoms. The maximum Gasteiger partial charge on any atom is 0.253 e. The van der Waals surface area contributed by atoms with Crippen LogP contribution in [0.5, 0.6) is 0 Å². The van der Waals surface area contributed by atoms with Crippen molar-refractivity contribution in [1.82, 2.24) is 14.6 Å². The summed E-state index contributed by atoms with van der Waals surface area (Å²) in [6, 6.07) is 7.36. The van der Waals surface area contributed by atoms with Crippen molar-refractivity contribution >= 4 is 5.65 Å². The standard InChI is InChI=1S/C7H4N4.C2H6/c8-5-6-9-7-3-1-2-4-11(7)10-6;1-2/h1-4H;1-2H3. The molecule has 66 valence electrons. The topological polar surface area (TPSA) is 54.0 Å². The Labute approximate surface area is 76.5 Å². The molecule has 0 N–H and O–H groups in total. The number of nitrogens with zero attached hydrogens (tertiary/aromatic N) is 4. The van der Waals surface area contributed by atoms with Gasteiger partial charge in [0.2, 0.25) is 0 Å². The Hall–Kier alpha value is -1.89. The summed E-state index contributed by atoms with van der Waals surface area (Å²) in [5.41, 5.74) is 0.698. The van der Waals surface area contributed by atoms with Crippen LogP contribution in [-0.4, -0.2) is 14.6 Å². The second kappa shape index (κ2) is 4.21. The van der Waals surface area contributed by atoms with Crippen molar-refractivity contribution in [2.24, 2.45) is 0 Å². The van der Waals surface area contributed by atoms with Gasteiger partial charge in [-0.05, 0) is 12.1 Å². The molecule has 0 saturated heterocycles. The van der Waals surface area contributed by atoms with E-state index in [-0.39, 0.29) is 5.82 Å². The second-order valence-electron chi connectivity index (χ2n) is 2.05. The highest BCUT2D eigenvalue weighted by Gasteiger charge is 1.98. The molecule has 0 aromatic carbocycles. The fourth-order valence-electron chi connectivity index (χ4n) is 0.879. The molecule has 0 saturated carbocycles. The number of hydrogen-bond donors (Lipinski definition) is 0. The quantitative estimate of drug-likeness (QED) is 0.610. The van der Waals surface area contributed by atoms with Crippen molar-refractivity contribution in [3.8, 4) is 6.07 Å². The molecule has 2 aromatic rings. The van der Waals surface area contributed by atoms with Crippen molar-refractivity contribution in [3.63, 3.8) is 0 Å². The molecular formula is C9H10N4. The minimum absolute atomic E-state index is 0.205. The number of aromatic nitrogens is 3. The van der Waals surface area contributed by atoms with E-state index in [1.807, 2.05) is 32.0 Å². The highest BCUT2D eigenvalue weighted by Crippen LogP contribution is 1.97. The van der Waals surface area contributed by atoms with Crippen molar-refractivity contribution in [2.75, 3.05) is 0 Å². The lowest BCUT2D eigenvalue weighted by molar-refractivity contribution is 0.949. The Morgan fingerprint density at radius 2 is 2.15 bits per heavy atom. The lowest BCUT2D eigenvalue weighted by Crippen LogP contribution is -1.83. The molecule has 2 rings (SSSR count). The van der Waals surface area contributed by atoms with Crippen LogP contribution in [0.2, 0.25) is 0 Å². The molecule has 0 fully saturated rings. The van der Waals surface area contributed by atoms with Crippen LogP contribution in [0, 0.1) is 11.3 Å². The minimum Gasteiger partial charge on any atom is -0.220 e. The normalized spacial score (nSPS) is 8.69. The molecule has 2 heterocycles. The summed E-state index contributed by atoms with van der Waals surface area (Å²) in [5.74, 6) is 0.205. The van der Waals surface area contributed by atoms with Crippen LogP contribution in [0.15, 0.2) is 24.4 Å². The number of rotatable bonds is 0. The zero-order valence-electron chi connectivity index (χ0n) is 7.60. The van der Waals surface area contributed by atoms with Gasteiger partial charge in [-0.25, -0.2) is 4.52 Å². The van der Waals surface area contributed by atoms with E-state index in [1.165, 1.54) is 0 Å². The zero-order valence-corrected chi connectivity index (χ0v) is 7.60. The van der Waals surface area contributed by atoms with Crippen LogP contribution in [0.3, 0.4) is 0 Å². The summed E-state index contributed by atoms with van der Waals surface area (Å²) in [6.07, 6.45) is 1.75. The Balaban J connectivity index is 0.000000396. The van der Waals surface area contributed by atoms with Gasteiger partial charge in [-0.3, -0.25) is 0 Å². The summed E-state index contributed by atoms with van der Waals surface area (Å²) >= 11 is 0. The van der Waals surface area contributed by atoms with Crippen molar-refractivity contribution < 1.29 is 0 Å². The molecule has 0 aliphatic carbocycles. The van der Waals surface area contributed by atoms with Crippen molar-refractivity contribution in [3.05, 3.63) is 30.2 Å². The SMILES string of the molecule is CC.N#Cc1nc2ccccn2n1. The van der Waals surface area contributed by atoms with E-state index >= 15 is 0 Å². The molecule has 0 aliphatic rings. The lowest BCUT2D eigenvalue weighted by Gasteiger charge is -1.84. The van der Waals surface area contributed by atoms with Crippen LogP contribution < -0.4 is 0 Å². The van der Waals surface area contributed by atoms with Gasteiger partial charge in [-0.15, -0.1) is 5.10 Å². The summed E-state index contributed by atoms with van der Waals surface area (Å²) in [7, 11) is 0. The van der Waals surface area contributed by atoms with Crippen LogP contribution >= 0.6 is 0 Å². The largest absolute Gasteiger partial charge is 0.253 e. The first-order chi connectivity index (χ1) is 6.40. The molecule has 0 amide bonds. The predicted molar refractivity (Wildman–Crippen MR) is 49.1 cm³/mol.